The Bertz CT molecular complexity index is 437. The van der Waals surface area contributed by atoms with Crippen LogP contribution in [0, 0.1) is 6.92 Å². The molecule has 0 radical (unpaired) electrons. The Labute approximate surface area is 120 Å². The molecule has 1 atom stereocenters. The molecule has 0 bridgehead atoms. The fraction of sp³-hybridized carbons (Fsp3) is 0.714. The molecule has 19 heavy (non-hydrogen) atoms. The Hall–Kier alpha value is -0.710. The van der Waals surface area contributed by atoms with Crippen LogP contribution in [0.4, 0.5) is 0 Å². The minimum absolute atomic E-state index is 0.0521. The Kier molecular flexibility index (Phi) is 5.13. The number of hydrogen-bond acceptors (Lipinski definition) is 4. The number of hydrogen-bond donors (Lipinski definition) is 0. The summed E-state index contributed by atoms with van der Waals surface area (Å²) in [7, 11) is 0. The van der Waals surface area contributed by atoms with E-state index in [1.165, 1.54) is 0 Å². The van der Waals surface area contributed by atoms with E-state index in [1.807, 2.05) is 6.92 Å². The first kappa shape index (κ1) is 14.7. The van der Waals surface area contributed by atoms with Crippen molar-refractivity contribution in [2.45, 2.75) is 39.7 Å². The summed E-state index contributed by atoms with van der Waals surface area (Å²) in [6.07, 6.45) is 1.97. The maximum Gasteiger partial charge on any atom is 0.160 e. The van der Waals surface area contributed by atoms with Gasteiger partial charge in [0.1, 0.15) is 11.3 Å². The minimum Gasteiger partial charge on any atom is -0.368 e. The highest BCUT2D eigenvalue weighted by Crippen LogP contribution is 2.23. The largest absolute Gasteiger partial charge is 0.368 e. The molecular formula is C14H22ClN3O. The van der Waals surface area contributed by atoms with Crippen molar-refractivity contribution in [2.75, 3.05) is 26.2 Å². The van der Waals surface area contributed by atoms with Crippen molar-refractivity contribution in [3.8, 4) is 0 Å². The first-order valence-electron chi connectivity index (χ1n) is 7.02. The Morgan fingerprint density at radius 3 is 2.84 bits per heavy atom. The molecule has 0 amide bonds. The third kappa shape index (κ3) is 3.44. The van der Waals surface area contributed by atoms with Crippen LogP contribution in [0.5, 0.6) is 0 Å². The molecule has 1 saturated heterocycles. The summed E-state index contributed by atoms with van der Waals surface area (Å²) < 4.78 is 5.81. The van der Waals surface area contributed by atoms with Crippen LogP contribution in [-0.4, -0.2) is 41.1 Å². The molecule has 1 aliphatic heterocycles. The topological polar surface area (TPSA) is 38.2 Å². The van der Waals surface area contributed by atoms with E-state index < -0.39 is 0 Å². The van der Waals surface area contributed by atoms with Gasteiger partial charge in [0.25, 0.3) is 0 Å². The number of aromatic nitrogens is 2. The van der Waals surface area contributed by atoms with Gasteiger partial charge in [-0.05, 0) is 26.3 Å². The lowest BCUT2D eigenvalue weighted by atomic mass is 10.2. The second kappa shape index (κ2) is 6.64. The summed E-state index contributed by atoms with van der Waals surface area (Å²) >= 11 is 6.19. The van der Waals surface area contributed by atoms with E-state index in [0.29, 0.717) is 5.15 Å². The summed E-state index contributed by atoms with van der Waals surface area (Å²) in [5.41, 5.74) is 2.00. The van der Waals surface area contributed by atoms with Crippen molar-refractivity contribution in [1.29, 1.82) is 0 Å². The molecule has 1 aromatic rings. The quantitative estimate of drug-likeness (QED) is 0.797. The molecule has 1 aliphatic rings. The smallest absolute Gasteiger partial charge is 0.160 e. The lowest BCUT2D eigenvalue weighted by Gasteiger charge is -2.32. The Balaban J connectivity index is 2.19. The zero-order valence-corrected chi connectivity index (χ0v) is 12.7. The van der Waals surface area contributed by atoms with Crippen LogP contribution in [0.15, 0.2) is 0 Å². The van der Waals surface area contributed by atoms with Crippen LogP contribution in [-0.2, 0) is 11.2 Å². The predicted octanol–water partition coefficient (Wildman–Crippen LogP) is 2.78. The van der Waals surface area contributed by atoms with E-state index in [0.717, 1.165) is 56.2 Å². The molecule has 2 heterocycles. The fourth-order valence-electron chi connectivity index (χ4n) is 2.42. The van der Waals surface area contributed by atoms with Crippen LogP contribution in [0.1, 0.15) is 43.5 Å². The lowest BCUT2D eigenvalue weighted by Crippen LogP contribution is -2.39. The van der Waals surface area contributed by atoms with E-state index >= 15 is 0 Å². The van der Waals surface area contributed by atoms with E-state index in [4.69, 9.17) is 16.3 Å². The average molecular weight is 284 g/mol. The van der Waals surface area contributed by atoms with Crippen LogP contribution in [0.3, 0.4) is 0 Å². The molecule has 0 saturated carbocycles. The molecule has 5 heteroatoms. The van der Waals surface area contributed by atoms with Crippen molar-refractivity contribution in [3.63, 3.8) is 0 Å². The molecule has 4 nitrogen and oxygen atoms in total. The molecular weight excluding hydrogens is 262 g/mol. The van der Waals surface area contributed by atoms with Crippen molar-refractivity contribution >= 4 is 11.6 Å². The second-order valence-electron chi connectivity index (χ2n) is 4.96. The molecule has 0 aliphatic carbocycles. The third-order valence-electron chi connectivity index (χ3n) is 3.52. The van der Waals surface area contributed by atoms with Gasteiger partial charge in [-0.2, -0.15) is 0 Å². The first-order valence-corrected chi connectivity index (χ1v) is 7.40. The van der Waals surface area contributed by atoms with Gasteiger partial charge < -0.3 is 4.74 Å². The van der Waals surface area contributed by atoms with Gasteiger partial charge in [0.2, 0.25) is 0 Å². The normalized spacial score (nSPS) is 20.7. The van der Waals surface area contributed by atoms with E-state index in [-0.39, 0.29) is 6.10 Å². The Morgan fingerprint density at radius 2 is 2.16 bits per heavy atom. The molecule has 2 rings (SSSR count). The zero-order valence-electron chi connectivity index (χ0n) is 11.9. The van der Waals surface area contributed by atoms with Gasteiger partial charge in [0.15, 0.2) is 5.82 Å². The van der Waals surface area contributed by atoms with Gasteiger partial charge >= 0.3 is 0 Å². The van der Waals surface area contributed by atoms with Gasteiger partial charge in [0.05, 0.1) is 6.61 Å². The van der Waals surface area contributed by atoms with Crippen LogP contribution >= 0.6 is 11.6 Å². The summed E-state index contributed by atoms with van der Waals surface area (Å²) in [5, 5.41) is 0.554. The van der Waals surface area contributed by atoms with Crippen molar-refractivity contribution in [2.24, 2.45) is 0 Å². The SMILES string of the molecule is CCCN1CCOC(c2nc(Cl)c(C)c(CC)n2)C1. The maximum atomic E-state index is 6.19. The third-order valence-corrected chi connectivity index (χ3v) is 3.89. The van der Waals surface area contributed by atoms with Crippen molar-refractivity contribution in [1.82, 2.24) is 14.9 Å². The molecule has 0 spiro atoms. The standard InChI is InChI=1S/C14H22ClN3O/c1-4-6-18-7-8-19-12(9-18)14-16-11(5-2)10(3)13(15)17-14/h12H,4-9H2,1-3H3. The zero-order chi connectivity index (χ0) is 13.8. The van der Waals surface area contributed by atoms with Crippen molar-refractivity contribution < 1.29 is 4.74 Å². The number of ether oxygens (including phenoxy) is 1. The maximum absolute atomic E-state index is 6.19. The highest BCUT2D eigenvalue weighted by atomic mass is 35.5. The number of morpholine rings is 1. The summed E-state index contributed by atoms with van der Waals surface area (Å²) in [4.78, 5) is 11.4. The van der Waals surface area contributed by atoms with Gasteiger partial charge in [0, 0.05) is 24.3 Å². The molecule has 1 aromatic heterocycles. The second-order valence-corrected chi connectivity index (χ2v) is 5.32. The lowest BCUT2D eigenvalue weighted by molar-refractivity contribution is -0.0343. The molecule has 1 unspecified atom stereocenters. The van der Waals surface area contributed by atoms with Crippen LogP contribution < -0.4 is 0 Å². The average Bonchev–Trinajstić information content (AvgIpc) is 2.42. The van der Waals surface area contributed by atoms with Crippen molar-refractivity contribution in [3.05, 3.63) is 22.2 Å². The monoisotopic (exact) mass is 283 g/mol. The van der Waals surface area contributed by atoms with E-state index in [9.17, 15) is 0 Å². The predicted molar refractivity (Wildman–Crippen MR) is 76.6 cm³/mol. The fourth-order valence-corrected chi connectivity index (χ4v) is 2.61. The molecule has 0 N–H and O–H groups in total. The highest BCUT2D eigenvalue weighted by molar-refractivity contribution is 6.30. The number of halogens is 1. The summed E-state index contributed by atoms with van der Waals surface area (Å²) in [6, 6.07) is 0. The minimum atomic E-state index is -0.0521. The van der Waals surface area contributed by atoms with Gasteiger partial charge in [-0.1, -0.05) is 25.4 Å². The molecule has 1 fully saturated rings. The number of rotatable bonds is 4. The Morgan fingerprint density at radius 1 is 1.37 bits per heavy atom. The summed E-state index contributed by atoms with van der Waals surface area (Å²) in [6.45, 7) is 9.93. The van der Waals surface area contributed by atoms with Crippen LogP contribution in [0.2, 0.25) is 5.15 Å². The molecule has 0 aromatic carbocycles. The van der Waals surface area contributed by atoms with E-state index in [1.54, 1.807) is 0 Å². The highest BCUT2D eigenvalue weighted by Gasteiger charge is 2.24. The van der Waals surface area contributed by atoms with Gasteiger partial charge in [-0.25, -0.2) is 9.97 Å². The molecule has 106 valence electrons. The number of aryl methyl sites for hydroxylation is 1. The first-order chi connectivity index (χ1) is 9.15. The van der Waals surface area contributed by atoms with E-state index in [2.05, 4.69) is 28.7 Å². The van der Waals surface area contributed by atoms with Gasteiger partial charge in [-0.15, -0.1) is 0 Å². The van der Waals surface area contributed by atoms with Gasteiger partial charge in [-0.3, -0.25) is 4.90 Å². The number of nitrogens with zero attached hydrogens (tertiary/aromatic N) is 3. The summed E-state index contributed by atoms with van der Waals surface area (Å²) in [5.74, 6) is 0.730. The van der Waals surface area contributed by atoms with Crippen LogP contribution in [0.25, 0.3) is 0 Å².